The van der Waals surface area contributed by atoms with Crippen molar-refractivity contribution in [2.24, 2.45) is 5.92 Å². The smallest absolute Gasteiger partial charge is 0.408 e. The summed E-state index contributed by atoms with van der Waals surface area (Å²) in [6.07, 6.45) is -0.778. The Morgan fingerprint density at radius 3 is 1.97 bits per heavy atom. The van der Waals surface area contributed by atoms with E-state index in [1.54, 1.807) is 44.2 Å². The van der Waals surface area contributed by atoms with E-state index in [4.69, 9.17) is 9.47 Å². The van der Waals surface area contributed by atoms with Gasteiger partial charge >= 0.3 is 12.1 Å². The van der Waals surface area contributed by atoms with E-state index in [1.165, 1.54) is 6.07 Å². The van der Waals surface area contributed by atoms with Gasteiger partial charge in [-0.2, -0.15) is 0 Å². The van der Waals surface area contributed by atoms with Crippen LogP contribution in [-0.4, -0.2) is 30.0 Å². The lowest BCUT2D eigenvalue weighted by Gasteiger charge is -2.21. The number of carbonyl (C=O) groups is 4. The molecule has 0 spiro atoms. The molecule has 0 saturated carbocycles. The summed E-state index contributed by atoms with van der Waals surface area (Å²) in [5.74, 6) is -1.09. The SMILES string of the molecule is CC(C)C(NC(=O)OCc1ccccc1)C(=O)NNC(=O)NNC(=O)c1cccc(OCc2ccccc2)c1. The van der Waals surface area contributed by atoms with E-state index in [0.29, 0.717) is 12.4 Å². The minimum absolute atomic E-state index is 0.0432. The third-order valence-corrected chi connectivity index (χ3v) is 5.37. The highest BCUT2D eigenvalue weighted by atomic mass is 16.5. The first-order chi connectivity index (χ1) is 18.8. The molecule has 3 rings (SSSR count). The van der Waals surface area contributed by atoms with E-state index >= 15 is 0 Å². The van der Waals surface area contributed by atoms with Crippen LogP contribution in [0.3, 0.4) is 0 Å². The van der Waals surface area contributed by atoms with Gasteiger partial charge in [-0.05, 0) is 35.2 Å². The van der Waals surface area contributed by atoms with Crippen molar-refractivity contribution in [2.75, 3.05) is 0 Å². The number of ether oxygens (including phenoxy) is 2. The Labute approximate surface area is 226 Å². The molecule has 5 N–H and O–H groups in total. The van der Waals surface area contributed by atoms with Gasteiger partial charge in [-0.15, -0.1) is 0 Å². The summed E-state index contributed by atoms with van der Waals surface area (Å²) in [5.41, 5.74) is 10.7. The largest absolute Gasteiger partial charge is 0.489 e. The molecule has 0 aromatic heterocycles. The van der Waals surface area contributed by atoms with E-state index in [9.17, 15) is 19.2 Å². The first-order valence-electron chi connectivity index (χ1n) is 12.2. The van der Waals surface area contributed by atoms with E-state index < -0.39 is 30.0 Å². The number of benzene rings is 3. The zero-order chi connectivity index (χ0) is 28.0. The van der Waals surface area contributed by atoms with Crippen LogP contribution in [0.25, 0.3) is 0 Å². The molecule has 0 aliphatic heterocycles. The first kappa shape index (κ1) is 28.5. The van der Waals surface area contributed by atoms with Crippen LogP contribution in [0.4, 0.5) is 9.59 Å². The average molecular weight is 534 g/mol. The Morgan fingerprint density at radius 1 is 0.718 bits per heavy atom. The summed E-state index contributed by atoms with van der Waals surface area (Å²) >= 11 is 0. The summed E-state index contributed by atoms with van der Waals surface area (Å²) in [7, 11) is 0. The lowest BCUT2D eigenvalue weighted by atomic mass is 10.0. The molecule has 0 bridgehead atoms. The second-order valence-electron chi connectivity index (χ2n) is 8.75. The van der Waals surface area contributed by atoms with E-state index in [2.05, 4.69) is 27.0 Å². The highest BCUT2D eigenvalue weighted by Crippen LogP contribution is 2.15. The van der Waals surface area contributed by atoms with Gasteiger partial charge in [0.05, 0.1) is 0 Å². The molecule has 1 atom stereocenters. The molecule has 11 nitrogen and oxygen atoms in total. The molecule has 11 heteroatoms. The molecule has 3 aromatic carbocycles. The van der Waals surface area contributed by atoms with Gasteiger partial charge in [-0.25, -0.2) is 20.4 Å². The van der Waals surface area contributed by atoms with Gasteiger partial charge in [0.25, 0.3) is 11.8 Å². The Balaban J connectivity index is 1.41. The summed E-state index contributed by atoms with van der Waals surface area (Å²) in [6, 6.07) is 23.2. The molecule has 0 saturated heterocycles. The number of hydrogen-bond donors (Lipinski definition) is 5. The Kier molecular flexibility index (Phi) is 10.7. The fourth-order valence-electron chi connectivity index (χ4n) is 3.31. The fraction of sp³-hybridized carbons (Fsp3) is 0.214. The van der Waals surface area contributed by atoms with Crippen molar-refractivity contribution in [3.8, 4) is 5.75 Å². The van der Waals surface area contributed by atoms with Crippen LogP contribution in [0.1, 0.15) is 35.3 Å². The van der Waals surface area contributed by atoms with E-state index in [-0.39, 0.29) is 18.1 Å². The van der Waals surface area contributed by atoms with Crippen molar-refractivity contribution < 1.29 is 28.7 Å². The lowest BCUT2D eigenvalue weighted by Crippen LogP contribution is -2.57. The van der Waals surface area contributed by atoms with Crippen molar-refractivity contribution in [1.29, 1.82) is 0 Å². The molecule has 3 aromatic rings. The van der Waals surface area contributed by atoms with Crippen molar-refractivity contribution >= 4 is 23.9 Å². The predicted octanol–water partition coefficient (Wildman–Crippen LogP) is 3.19. The maximum absolute atomic E-state index is 12.5. The maximum Gasteiger partial charge on any atom is 0.408 e. The number of urea groups is 1. The van der Waals surface area contributed by atoms with Crippen LogP contribution in [-0.2, 0) is 22.7 Å². The normalized spacial score (nSPS) is 11.1. The molecule has 0 aliphatic carbocycles. The fourth-order valence-corrected chi connectivity index (χ4v) is 3.31. The summed E-state index contributed by atoms with van der Waals surface area (Å²) < 4.78 is 10.9. The quantitative estimate of drug-likeness (QED) is 0.267. The molecular formula is C28H31N5O6. The number of hydrazine groups is 2. The van der Waals surface area contributed by atoms with Crippen LogP contribution in [0.2, 0.25) is 0 Å². The highest BCUT2D eigenvalue weighted by molar-refractivity contribution is 5.95. The Bertz CT molecular complexity index is 1250. The molecule has 1 unspecified atom stereocenters. The summed E-state index contributed by atoms with van der Waals surface area (Å²) in [4.78, 5) is 49.2. The monoisotopic (exact) mass is 533 g/mol. The van der Waals surface area contributed by atoms with Crippen LogP contribution in [0, 0.1) is 5.92 Å². The van der Waals surface area contributed by atoms with E-state index in [0.717, 1.165) is 11.1 Å². The van der Waals surface area contributed by atoms with Crippen LogP contribution < -0.4 is 31.8 Å². The third-order valence-electron chi connectivity index (χ3n) is 5.37. The van der Waals surface area contributed by atoms with Crippen molar-refractivity contribution in [2.45, 2.75) is 33.1 Å². The number of alkyl carbamates (subject to hydrolysis) is 1. The van der Waals surface area contributed by atoms with Gasteiger partial charge in [0.2, 0.25) is 0 Å². The minimum Gasteiger partial charge on any atom is -0.489 e. The topological polar surface area (TPSA) is 147 Å². The van der Waals surface area contributed by atoms with Gasteiger partial charge in [0.1, 0.15) is 25.0 Å². The Hall–Kier alpha value is -5.06. The van der Waals surface area contributed by atoms with Crippen LogP contribution in [0.5, 0.6) is 5.75 Å². The predicted molar refractivity (Wildman–Crippen MR) is 143 cm³/mol. The van der Waals surface area contributed by atoms with Crippen LogP contribution in [0.15, 0.2) is 84.9 Å². The van der Waals surface area contributed by atoms with Gasteiger partial charge in [-0.3, -0.25) is 20.4 Å². The number of rotatable bonds is 9. The number of amides is 5. The minimum atomic E-state index is -0.984. The second-order valence-corrected chi connectivity index (χ2v) is 8.75. The summed E-state index contributed by atoms with van der Waals surface area (Å²) in [5, 5.41) is 2.48. The molecule has 0 radical (unpaired) electrons. The second kappa shape index (κ2) is 14.6. The molecule has 0 fully saturated rings. The molecule has 0 heterocycles. The van der Waals surface area contributed by atoms with Crippen molar-refractivity contribution in [1.82, 2.24) is 27.0 Å². The van der Waals surface area contributed by atoms with Crippen molar-refractivity contribution in [3.63, 3.8) is 0 Å². The molecule has 204 valence electrons. The average Bonchev–Trinajstić information content (AvgIpc) is 2.96. The standard InChI is InChI=1S/C28H31N5O6/c1-19(2)24(29-28(37)39-18-21-12-7-4-8-13-21)26(35)31-33-27(36)32-30-25(34)22-14-9-15-23(16-22)38-17-20-10-5-3-6-11-20/h3-16,19,24H,17-18H2,1-2H3,(H,29,37)(H,30,34)(H,31,35)(H2,32,33,36). The Morgan fingerprint density at radius 2 is 1.33 bits per heavy atom. The van der Waals surface area contributed by atoms with E-state index in [1.807, 2.05) is 48.5 Å². The first-order valence-corrected chi connectivity index (χ1v) is 12.2. The van der Waals surface area contributed by atoms with Crippen LogP contribution >= 0.6 is 0 Å². The number of nitrogens with one attached hydrogen (secondary N) is 5. The van der Waals surface area contributed by atoms with Gasteiger partial charge in [0, 0.05) is 5.56 Å². The molecule has 0 aliphatic rings. The highest BCUT2D eigenvalue weighted by Gasteiger charge is 2.25. The summed E-state index contributed by atoms with van der Waals surface area (Å²) in [6.45, 7) is 3.82. The zero-order valence-corrected chi connectivity index (χ0v) is 21.6. The molecular weight excluding hydrogens is 502 g/mol. The number of hydrogen-bond acceptors (Lipinski definition) is 6. The zero-order valence-electron chi connectivity index (χ0n) is 21.6. The molecule has 5 amide bonds. The van der Waals surface area contributed by atoms with Gasteiger partial charge in [-0.1, -0.05) is 80.6 Å². The third kappa shape index (κ3) is 9.73. The van der Waals surface area contributed by atoms with Gasteiger partial charge in [0.15, 0.2) is 0 Å². The number of carbonyl (C=O) groups excluding carboxylic acids is 4. The lowest BCUT2D eigenvalue weighted by molar-refractivity contribution is -0.124. The molecule has 39 heavy (non-hydrogen) atoms. The van der Waals surface area contributed by atoms with Gasteiger partial charge < -0.3 is 14.8 Å². The maximum atomic E-state index is 12.5. The van der Waals surface area contributed by atoms with Crippen molar-refractivity contribution in [3.05, 3.63) is 102 Å².